The van der Waals surface area contributed by atoms with Gasteiger partial charge in [-0.05, 0) is 11.8 Å². The number of phosphoric acid groups is 1. The van der Waals surface area contributed by atoms with Gasteiger partial charge in [0.25, 0.3) is 5.85 Å². The molecule has 4 rings (SSSR count). The van der Waals surface area contributed by atoms with Gasteiger partial charge in [-0.2, -0.15) is 5.10 Å². The number of nitrogens with two attached hydrogens (primary N) is 1. The van der Waals surface area contributed by atoms with Crippen molar-refractivity contribution in [2.45, 2.75) is 60.5 Å². The molecule has 2 saturated heterocycles. The molecule has 0 aromatic carbocycles. The molecule has 4 heterocycles. The van der Waals surface area contributed by atoms with Crippen molar-refractivity contribution >= 4 is 37.8 Å². The Morgan fingerprint density at radius 1 is 1.27 bits per heavy atom. The number of anilines is 1. The summed E-state index contributed by atoms with van der Waals surface area (Å²) in [4.78, 5) is 28.5. The van der Waals surface area contributed by atoms with Crippen molar-refractivity contribution < 1.29 is 77.0 Å². The SMILES string of the molecule is C=C[C@]1(OC)[C@H](c2cnc3c(N)ncnn23)O[C@](F)(COP(O)(=S)OP(=O)(O)OC2OC([C@@H](O)CO)C(O)C(O)C2O)[C@H]1O. The van der Waals surface area contributed by atoms with E-state index in [0.29, 0.717) is 0 Å². The average Bonchev–Trinajstić information content (AvgIpc) is 3.49. The van der Waals surface area contributed by atoms with Crippen molar-refractivity contribution in [3.63, 3.8) is 0 Å². The number of fused-ring (bicyclic) bond motifs is 1. The minimum absolute atomic E-state index is 0.0188. The molecule has 0 spiro atoms. The number of hydrogen-bond acceptors (Lipinski definition) is 18. The summed E-state index contributed by atoms with van der Waals surface area (Å²) in [6.45, 7) is -3.80. The van der Waals surface area contributed by atoms with Gasteiger partial charge >= 0.3 is 14.5 Å². The summed E-state index contributed by atoms with van der Waals surface area (Å²) < 4.78 is 59.8. The number of imidazole rings is 1. The number of aliphatic hydroxyl groups is 6. The number of methoxy groups -OCH3 is 1. The molecule has 20 nitrogen and oxygen atoms in total. The van der Waals surface area contributed by atoms with Crippen molar-refractivity contribution in [1.29, 1.82) is 0 Å². The molecular weight excluding hydrogens is 663 g/mol. The maximum Gasteiger partial charge on any atom is 0.481 e. The van der Waals surface area contributed by atoms with Gasteiger partial charge in [-0.15, -0.1) is 6.58 Å². The van der Waals surface area contributed by atoms with E-state index in [0.717, 1.165) is 24.0 Å². The second kappa shape index (κ2) is 12.9. The zero-order chi connectivity index (χ0) is 32.8. The standard InChI is InChI=1S/C20H30FN5O15P2S/c1-3-19(36-2)14(8-4-23-16-15(22)24-7-25-26(8)16)39-20(21,18(19)32)6-37-43(35,44)41-42(33,34)40-17-12(31)10(29)11(30)13(38-17)9(28)5-27/h3-4,7,9-14,17-18,27-32H,1,5-6H2,2H3,(H,33,34)(H,35,44)(H2,22,24,25)/t9-,10?,11?,12?,13?,14-,17?,18-,19-,20+,43?/m0/s1. The molecule has 0 amide bonds. The predicted molar refractivity (Wildman–Crippen MR) is 143 cm³/mol. The van der Waals surface area contributed by atoms with Crippen LogP contribution in [0, 0.1) is 0 Å². The number of aliphatic hydroxyl groups excluding tert-OH is 6. The first-order chi connectivity index (χ1) is 20.5. The molecule has 2 aromatic heterocycles. The van der Waals surface area contributed by atoms with Crippen LogP contribution < -0.4 is 5.73 Å². The third-order valence-electron chi connectivity index (χ3n) is 6.90. The predicted octanol–water partition coefficient (Wildman–Crippen LogP) is -3.10. The van der Waals surface area contributed by atoms with E-state index >= 15 is 4.39 Å². The van der Waals surface area contributed by atoms with E-state index in [1.807, 2.05) is 0 Å². The first kappa shape index (κ1) is 35.2. The molecule has 0 aliphatic carbocycles. The van der Waals surface area contributed by atoms with Crippen LogP contribution in [0.4, 0.5) is 10.2 Å². The van der Waals surface area contributed by atoms with E-state index in [1.54, 1.807) is 0 Å². The molecule has 2 aliphatic heterocycles. The molecule has 248 valence electrons. The Kier molecular flexibility index (Phi) is 10.3. The molecule has 44 heavy (non-hydrogen) atoms. The number of nitrogens with zero attached hydrogens (tertiary/aromatic N) is 4. The Morgan fingerprint density at radius 2 is 1.95 bits per heavy atom. The number of alkyl halides is 1. The summed E-state index contributed by atoms with van der Waals surface area (Å²) in [5.41, 5.74) is 3.84. The van der Waals surface area contributed by atoms with Gasteiger partial charge in [0.05, 0.1) is 18.5 Å². The highest BCUT2D eigenvalue weighted by atomic mass is 32.5. The van der Waals surface area contributed by atoms with Crippen molar-refractivity contribution in [1.82, 2.24) is 19.6 Å². The molecule has 2 aromatic rings. The fraction of sp³-hybridized carbons (Fsp3) is 0.650. The van der Waals surface area contributed by atoms with Crippen LogP contribution in [0.5, 0.6) is 0 Å². The summed E-state index contributed by atoms with van der Waals surface area (Å²) in [6, 6.07) is 0. The average molecular weight is 693 g/mol. The normalized spacial score (nSPS) is 37.8. The van der Waals surface area contributed by atoms with Gasteiger partial charge in [-0.3, -0.25) is 4.52 Å². The zero-order valence-corrected chi connectivity index (χ0v) is 25.1. The highest BCUT2D eigenvalue weighted by molar-refractivity contribution is 8.08. The highest BCUT2D eigenvalue weighted by Crippen LogP contribution is 2.62. The highest BCUT2D eigenvalue weighted by Gasteiger charge is 2.66. The van der Waals surface area contributed by atoms with Gasteiger partial charge in [0.2, 0.25) is 0 Å². The number of phosphoric ester groups is 1. The fourth-order valence-corrected chi connectivity index (χ4v) is 7.72. The van der Waals surface area contributed by atoms with Crippen molar-refractivity contribution in [3.05, 3.63) is 30.9 Å². The number of hydrogen-bond donors (Lipinski definition) is 9. The Hall–Kier alpha value is -1.66. The van der Waals surface area contributed by atoms with Crippen LogP contribution in [0.25, 0.3) is 5.65 Å². The molecular formula is C20H30FN5O15P2S. The van der Waals surface area contributed by atoms with E-state index in [4.69, 9.17) is 29.6 Å². The molecule has 0 bridgehead atoms. The maximum atomic E-state index is 16.2. The summed E-state index contributed by atoms with van der Waals surface area (Å²) in [5, 5.41) is 63.9. The van der Waals surface area contributed by atoms with Crippen LogP contribution in [0.15, 0.2) is 25.2 Å². The van der Waals surface area contributed by atoms with Crippen molar-refractivity contribution in [3.8, 4) is 0 Å². The molecule has 24 heteroatoms. The largest absolute Gasteiger partial charge is 0.481 e. The minimum atomic E-state index is -5.61. The van der Waals surface area contributed by atoms with Gasteiger partial charge in [-0.25, -0.2) is 27.7 Å². The molecule has 0 saturated carbocycles. The monoisotopic (exact) mass is 693 g/mol. The van der Waals surface area contributed by atoms with Crippen LogP contribution in [0.1, 0.15) is 11.8 Å². The number of rotatable bonds is 12. The van der Waals surface area contributed by atoms with Gasteiger partial charge in [0.15, 0.2) is 23.9 Å². The van der Waals surface area contributed by atoms with Gasteiger partial charge in [0, 0.05) is 7.11 Å². The minimum Gasteiger partial charge on any atom is -0.394 e. The second-order valence-electron chi connectivity index (χ2n) is 9.60. The molecule has 2 aliphatic rings. The maximum absolute atomic E-state index is 16.2. The molecule has 7 unspecified atom stereocenters. The van der Waals surface area contributed by atoms with E-state index in [1.165, 1.54) is 6.20 Å². The van der Waals surface area contributed by atoms with E-state index in [2.05, 4.69) is 42.3 Å². The molecule has 10 N–H and O–H groups in total. The van der Waals surface area contributed by atoms with Gasteiger partial charge in [0.1, 0.15) is 55.2 Å². The Morgan fingerprint density at radius 3 is 2.57 bits per heavy atom. The van der Waals surface area contributed by atoms with Crippen LogP contribution in [-0.2, 0) is 43.9 Å². The van der Waals surface area contributed by atoms with Crippen LogP contribution >= 0.6 is 14.5 Å². The van der Waals surface area contributed by atoms with E-state index < -0.39 is 88.2 Å². The Labute approximate surface area is 251 Å². The number of nitrogen functional groups attached to an aromatic ring is 1. The number of ether oxygens (including phenoxy) is 3. The number of halogens is 1. The number of aromatic nitrogens is 4. The summed E-state index contributed by atoms with van der Waals surface area (Å²) in [5.74, 6) is -3.29. The Bertz CT molecular complexity index is 1460. The summed E-state index contributed by atoms with van der Waals surface area (Å²) in [7, 11) is -4.49. The molecule has 12 atom stereocenters. The lowest BCUT2D eigenvalue weighted by Gasteiger charge is -2.41. The fourth-order valence-electron chi connectivity index (χ4n) is 4.65. The lowest BCUT2D eigenvalue weighted by Crippen LogP contribution is -2.61. The topological polar surface area (TPSA) is 303 Å². The molecule has 2 fully saturated rings. The van der Waals surface area contributed by atoms with Gasteiger partial charge in [-0.1, -0.05) is 6.08 Å². The third kappa shape index (κ3) is 6.46. The second-order valence-corrected chi connectivity index (χ2v) is 14.0. The summed E-state index contributed by atoms with van der Waals surface area (Å²) in [6.07, 6.45) is -12.6. The smallest absolute Gasteiger partial charge is 0.394 e. The third-order valence-corrected chi connectivity index (χ3v) is 10.4. The Balaban J connectivity index is 1.50. The lowest BCUT2D eigenvalue weighted by atomic mass is 9.88. The zero-order valence-electron chi connectivity index (χ0n) is 22.5. The summed E-state index contributed by atoms with van der Waals surface area (Å²) >= 11 is 4.68. The first-order valence-electron chi connectivity index (χ1n) is 12.3. The van der Waals surface area contributed by atoms with Crippen molar-refractivity contribution in [2.24, 2.45) is 0 Å². The quantitative estimate of drug-likeness (QED) is 0.0785. The van der Waals surface area contributed by atoms with E-state index in [9.17, 15) is 39.9 Å². The van der Waals surface area contributed by atoms with Crippen molar-refractivity contribution in [2.75, 3.05) is 26.1 Å². The van der Waals surface area contributed by atoms with Crippen LogP contribution in [0.3, 0.4) is 0 Å². The first-order valence-corrected chi connectivity index (χ1v) is 16.4. The lowest BCUT2D eigenvalue weighted by molar-refractivity contribution is -0.292. The van der Waals surface area contributed by atoms with Crippen LogP contribution in [-0.4, -0.2) is 135 Å². The van der Waals surface area contributed by atoms with E-state index in [-0.39, 0.29) is 17.2 Å². The van der Waals surface area contributed by atoms with Crippen LogP contribution in [0.2, 0.25) is 0 Å². The van der Waals surface area contributed by atoms with Gasteiger partial charge < -0.3 is 64.9 Å². The molecule has 0 radical (unpaired) electrons.